The van der Waals surface area contributed by atoms with Gasteiger partial charge in [-0.25, -0.2) is 0 Å². The lowest BCUT2D eigenvalue weighted by Crippen LogP contribution is -2.57. The molecule has 5 aromatic carbocycles. The molecule has 3 aromatic heterocycles. The zero-order valence-electron chi connectivity index (χ0n) is 28.3. The Morgan fingerprint density at radius 1 is 0.458 bits per heavy atom. The average molecular weight is 621 g/mol. The Morgan fingerprint density at radius 3 is 1.71 bits per heavy atom. The molecule has 0 aliphatic carbocycles. The van der Waals surface area contributed by atoms with E-state index in [9.17, 15) is 0 Å². The van der Waals surface area contributed by atoms with Gasteiger partial charge >= 0.3 is 0 Å². The van der Waals surface area contributed by atoms with Gasteiger partial charge in [-0.3, -0.25) is 9.97 Å². The zero-order valence-corrected chi connectivity index (χ0v) is 28.3. The highest BCUT2D eigenvalue weighted by atomic mass is 16.3. The van der Waals surface area contributed by atoms with E-state index in [2.05, 4.69) is 126 Å². The minimum absolute atomic E-state index is 0.153. The van der Waals surface area contributed by atoms with E-state index in [1.54, 1.807) is 0 Å². The van der Waals surface area contributed by atoms with Gasteiger partial charge in [-0.2, -0.15) is 0 Å². The molecule has 0 saturated carbocycles. The van der Waals surface area contributed by atoms with Crippen LogP contribution in [-0.2, 0) is 0 Å². The topological polar surface area (TPSA) is 38.9 Å². The van der Waals surface area contributed by atoms with Gasteiger partial charge in [-0.15, -0.1) is 0 Å². The molecule has 0 aliphatic heterocycles. The minimum atomic E-state index is 0.153. The summed E-state index contributed by atoms with van der Waals surface area (Å²) in [4.78, 5) is 9.55. The first-order chi connectivity index (χ1) is 23.3. The number of benzene rings is 5. The molecule has 8 rings (SSSR count). The Kier molecular flexibility index (Phi) is 7.25. The number of hydrogen-bond acceptors (Lipinski definition) is 3. The molecular formula is C44H37BN2O. The van der Waals surface area contributed by atoms with Crippen LogP contribution >= 0.6 is 0 Å². The lowest BCUT2D eigenvalue weighted by Gasteiger charge is -2.27. The molecular weight excluding hydrogens is 583 g/mol. The van der Waals surface area contributed by atoms with Gasteiger partial charge in [-0.05, 0) is 76.9 Å². The first-order valence-corrected chi connectivity index (χ1v) is 16.7. The zero-order chi connectivity index (χ0) is 33.1. The van der Waals surface area contributed by atoms with E-state index in [1.165, 1.54) is 60.9 Å². The van der Waals surface area contributed by atoms with Gasteiger partial charge in [0.05, 0.1) is 17.4 Å². The minimum Gasteiger partial charge on any atom is -0.454 e. The van der Waals surface area contributed by atoms with Crippen LogP contribution in [0.15, 0.2) is 120 Å². The second-order valence-corrected chi connectivity index (χ2v) is 13.3. The number of nitrogens with zero attached hydrogens (tertiary/aromatic N) is 2. The van der Waals surface area contributed by atoms with Crippen molar-refractivity contribution in [3.05, 3.63) is 149 Å². The van der Waals surface area contributed by atoms with E-state index in [-0.39, 0.29) is 6.71 Å². The Labute approximate surface area is 282 Å². The number of aromatic nitrogens is 2. The monoisotopic (exact) mass is 620 g/mol. The maximum Gasteiger partial charge on any atom is 0.243 e. The fourth-order valence-electron chi connectivity index (χ4n) is 7.87. The van der Waals surface area contributed by atoms with Crippen molar-refractivity contribution >= 4 is 55.9 Å². The van der Waals surface area contributed by atoms with Crippen molar-refractivity contribution in [2.75, 3.05) is 0 Å². The van der Waals surface area contributed by atoms with Crippen molar-refractivity contribution in [2.45, 2.75) is 41.5 Å². The van der Waals surface area contributed by atoms with Crippen LogP contribution in [0.4, 0.5) is 0 Å². The van der Waals surface area contributed by atoms with Gasteiger partial charge in [-0.1, -0.05) is 129 Å². The summed E-state index contributed by atoms with van der Waals surface area (Å²) in [6.45, 7) is 13.7. The number of fused-ring (bicyclic) bond motifs is 5. The Balaban J connectivity index is 1.23. The van der Waals surface area contributed by atoms with Crippen molar-refractivity contribution in [1.82, 2.24) is 9.97 Å². The molecule has 0 bridgehead atoms. The number of rotatable bonds is 5. The molecule has 4 heteroatoms. The molecule has 8 aromatic rings. The predicted molar refractivity (Wildman–Crippen MR) is 204 cm³/mol. The summed E-state index contributed by atoms with van der Waals surface area (Å²) in [5, 5.41) is 3.05. The highest BCUT2D eigenvalue weighted by Gasteiger charge is 2.30. The summed E-state index contributed by atoms with van der Waals surface area (Å²) in [5.41, 5.74) is 19.1. The van der Waals surface area contributed by atoms with Gasteiger partial charge in [0.25, 0.3) is 0 Å². The molecule has 0 saturated heterocycles. The number of hydrogen-bond donors (Lipinski definition) is 0. The summed E-state index contributed by atoms with van der Waals surface area (Å²) < 4.78 is 6.30. The van der Waals surface area contributed by atoms with Crippen LogP contribution in [0.1, 0.15) is 33.4 Å². The normalized spacial score (nSPS) is 11.5. The third-order valence-corrected chi connectivity index (χ3v) is 10.1. The molecule has 0 N–H and O–H groups in total. The Bertz CT molecular complexity index is 2430. The van der Waals surface area contributed by atoms with Gasteiger partial charge < -0.3 is 4.42 Å². The van der Waals surface area contributed by atoms with Crippen LogP contribution in [-0.4, -0.2) is 16.7 Å². The smallest absolute Gasteiger partial charge is 0.243 e. The molecule has 0 radical (unpaired) electrons. The lowest BCUT2D eigenvalue weighted by atomic mass is 9.33. The molecule has 0 aliphatic rings. The third kappa shape index (κ3) is 4.91. The van der Waals surface area contributed by atoms with Crippen LogP contribution in [0.5, 0.6) is 0 Å². The summed E-state index contributed by atoms with van der Waals surface area (Å²) >= 11 is 0. The van der Waals surface area contributed by atoms with Crippen LogP contribution in [0.3, 0.4) is 0 Å². The number of furan rings is 1. The van der Waals surface area contributed by atoms with Crippen LogP contribution in [0.2, 0.25) is 0 Å². The van der Waals surface area contributed by atoms with Gasteiger partial charge in [0.2, 0.25) is 6.71 Å². The van der Waals surface area contributed by atoms with Crippen molar-refractivity contribution in [3.63, 3.8) is 0 Å². The average Bonchev–Trinajstić information content (AvgIpc) is 3.46. The highest BCUT2D eigenvalue weighted by molar-refractivity contribution is 6.97. The summed E-state index contributed by atoms with van der Waals surface area (Å²) in [6, 6.07) is 37.1. The second-order valence-electron chi connectivity index (χ2n) is 13.3. The Hall–Kier alpha value is -5.48. The lowest BCUT2D eigenvalue weighted by molar-refractivity contribution is 0.670. The maximum absolute atomic E-state index is 6.30. The molecule has 48 heavy (non-hydrogen) atoms. The van der Waals surface area contributed by atoms with Crippen molar-refractivity contribution in [1.29, 1.82) is 0 Å². The first-order valence-electron chi connectivity index (χ1n) is 16.7. The third-order valence-electron chi connectivity index (χ3n) is 10.1. The predicted octanol–water partition coefficient (Wildman–Crippen LogP) is 9.23. The molecule has 0 unspecified atom stereocenters. The van der Waals surface area contributed by atoms with Crippen molar-refractivity contribution in [3.8, 4) is 22.4 Å². The van der Waals surface area contributed by atoms with Gasteiger partial charge in [0.1, 0.15) is 5.58 Å². The quantitative estimate of drug-likeness (QED) is 0.180. The van der Waals surface area contributed by atoms with Crippen LogP contribution < -0.4 is 16.4 Å². The fraction of sp³-hybridized carbons (Fsp3) is 0.136. The first kappa shape index (κ1) is 29.9. The standard InChI is InChI=1S/C44H37BN2O/c1-26-12-9-13-27(2)41(26)45(42-28(3)14-10-15-29(42)4)43-30(5)20-34(21-31(43)6)32-16-11-17-33(22-32)39-23-36-37-24-46-38-19-8-7-18-35(38)44(37)48-40(36)25-47-39/h7-25H,1-6H3. The van der Waals surface area contributed by atoms with Gasteiger partial charge in [0, 0.05) is 27.9 Å². The van der Waals surface area contributed by atoms with Crippen LogP contribution in [0, 0.1) is 41.5 Å². The van der Waals surface area contributed by atoms with E-state index in [1.807, 2.05) is 30.6 Å². The molecule has 232 valence electrons. The van der Waals surface area contributed by atoms with Crippen molar-refractivity contribution in [2.24, 2.45) is 0 Å². The number of pyridine rings is 2. The fourth-order valence-corrected chi connectivity index (χ4v) is 7.87. The summed E-state index contributed by atoms with van der Waals surface area (Å²) in [7, 11) is 0. The van der Waals surface area contributed by atoms with E-state index in [0.29, 0.717) is 0 Å². The second kappa shape index (κ2) is 11.6. The van der Waals surface area contributed by atoms with E-state index >= 15 is 0 Å². The molecule has 0 spiro atoms. The SMILES string of the molecule is Cc1cccc(C)c1B(c1c(C)cccc1C)c1c(C)cc(-c2cccc(-c3cc4c(cn3)oc3c5ccccc5ncc43)c2)cc1C. The summed E-state index contributed by atoms with van der Waals surface area (Å²) in [6.07, 6.45) is 3.76. The summed E-state index contributed by atoms with van der Waals surface area (Å²) in [5.74, 6) is 0. The molecule has 0 fully saturated rings. The largest absolute Gasteiger partial charge is 0.454 e. The van der Waals surface area contributed by atoms with Gasteiger partial charge in [0.15, 0.2) is 5.58 Å². The molecule has 3 nitrogen and oxygen atoms in total. The number of para-hydroxylation sites is 1. The van der Waals surface area contributed by atoms with Crippen molar-refractivity contribution < 1.29 is 4.42 Å². The van der Waals surface area contributed by atoms with Crippen LogP contribution in [0.25, 0.3) is 55.2 Å². The Morgan fingerprint density at radius 2 is 1.04 bits per heavy atom. The molecule has 3 heterocycles. The number of aryl methyl sites for hydroxylation is 6. The molecule has 0 atom stereocenters. The highest BCUT2D eigenvalue weighted by Crippen LogP contribution is 2.35. The molecule has 0 amide bonds. The van der Waals surface area contributed by atoms with E-state index in [0.717, 1.165) is 44.1 Å². The van der Waals surface area contributed by atoms with E-state index < -0.39 is 0 Å². The maximum atomic E-state index is 6.30. The van der Waals surface area contributed by atoms with E-state index in [4.69, 9.17) is 14.4 Å².